The van der Waals surface area contributed by atoms with Crippen LogP contribution >= 0.6 is 22.9 Å². The van der Waals surface area contributed by atoms with Crippen molar-refractivity contribution in [1.82, 2.24) is 19.9 Å². The molecule has 1 atom stereocenters. The van der Waals surface area contributed by atoms with Gasteiger partial charge in [0.1, 0.15) is 17.9 Å². The number of likely N-dealkylation sites (N-methyl/N-ethyl adjacent to an activating group) is 1. The summed E-state index contributed by atoms with van der Waals surface area (Å²) in [6.07, 6.45) is 4.34. The predicted molar refractivity (Wildman–Crippen MR) is 140 cm³/mol. The van der Waals surface area contributed by atoms with Gasteiger partial charge >= 0.3 is 6.01 Å². The minimum atomic E-state index is -0.503. The van der Waals surface area contributed by atoms with E-state index in [1.165, 1.54) is 11.3 Å². The van der Waals surface area contributed by atoms with Crippen molar-refractivity contribution in [3.05, 3.63) is 35.1 Å². The van der Waals surface area contributed by atoms with Crippen LogP contribution in [0.3, 0.4) is 0 Å². The summed E-state index contributed by atoms with van der Waals surface area (Å²) in [6, 6.07) is 7.86. The lowest BCUT2D eigenvalue weighted by Gasteiger charge is -2.22. The Balaban J connectivity index is 1.50. The summed E-state index contributed by atoms with van der Waals surface area (Å²) in [5, 5.41) is 1.31. The van der Waals surface area contributed by atoms with Crippen molar-refractivity contribution < 1.29 is 9.13 Å². The molecule has 0 amide bonds. The molecule has 7 nitrogen and oxygen atoms in total. The van der Waals surface area contributed by atoms with E-state index < -0.39 is 5.82 Å². The molecule has 0 radical (unpaired) electrons. The molecular formula is C25H26ClFN6OS. The summed E-state index contributed by atoms with van der Waals surface area (Å²) < 4.78 is 23.2. The van der Waals surface area contributed by atoms with Crippen LogP contribution in [0.1, 0.15) is 25.7 Å². The molecule has 6 rings (SSSR count). The van der Waals surface area contributed by atoms with E-state index in [-0.39, 0.29) is 17.1 Å². The Kier molecular flexibility index (Phi) is 5.86. The summed E-state index contributed by atoms with van der Waals surface area (Å²) in [7, 11) is 2.09. The first-order chi connectivity index (χ1) is 17.0. The number of likely N-dealkylation sites (tertiary alicyclic amines) is 1. The molecule has 4 aromatic rings. The van der Waals surface area contributed by atoms with Gasteiger partial charge in [-0.1, -0.05) is 35.1 Å². The molecule has 2 N–H and O–H groups in total. The quantitative estimate of drug-likeness (QED) is 0.386. The second-order valence-electron chi connectivity index (χ2n) is 9.26. The predicted octanol–water partition coefficient (Wildman–Crippen LogP) is 5.35. The van der Waals surface area contributed by atoms with Gasteiger partial charge in [0.25, 0.3) is 0 Å². The Bertz CT molecular complexity index is 1420. The van der Waals surface area contributed by atoms with Crippen molar-refractivity contribution in [3.63, 3.8) is 0 Å². The average Bonchev–Trinajstić information content (AvgIpc) is 3.59. The third kappa shape index (κ3) is 4.05. The van der Waals surface area contributed by atoms with E-state index in [4.69, 9.17) is 27.1 Å². The van der Waals surface area contributed by atoms with Crippen LogP contribution in [0.4, 0.5) is 15.3 Å². The minimum absolute atomic E-state index is 0.197. The van der Waals surface area contributed by atoms with Crippen LogP contribution in [-0.4, -0.2) is 59.2 Å². The summed E-state index contributed by atoms with van der Waals surface area (Å²) in [4.78, 5) is 18.2. The van der Waals surface area contributed by atoms with Crippen LogP contribution in [0.2, 0.25) is 5.02 Å². The van der Waals surface area contributed by atoms with Gasteiger partial charge in [-0.3, -0.25) is 0 Å². The van der Waals surface area contributed by atoms with Crippen LogP contribution in [0.5, 0.6) is 6.01 Å². The highest BCUT2D eigenvalue weighted by molar-refractivity contribution is 7.22. The fourth-order valence-corrected chi connectivity index (χ4v) is 6.22. The lowest BCUT2D eigenvalue weighted by molar-refractivity contribution is 0.188. The smallest absolute Gasteiger partial charge is 0.319 e. The first-order valence-electron chi connectivity index (χ1n) is 11.9. The minimum Gasteiger partial charge on any atom is -0.462 e. The van der Waals surface area contributed by atoms with Gasteiger partial charge in [0.05, 0.1) is 15.2 Å². The molecule has 0 spiro atoms. The topological polar surface area (TPSA) is 80.4 Å². The van der Waals surface area contributed by atoms with Gasteiger partial charge in [-0.25, -0.2) is 9.37 Å². The maximum atomic E-state index is 16.3. The number of aromatic nitrogens is 3. The number of hydrogen-bond acceptors (Lipinski definition) is 8. The lowest BCUT2D eigenvalue weighted by atomic mass is 10.0. The summed E-state index contributed by atoms with van der Waals surface area (Å²) in [6.45, 7) is 3.24. The first-order valence-corrected chi connectivity index (χ1v) is 13.1. The van der Waals surface area contributed by atoms with Gasteiger partial charge in [0.15, 0.2) is 10.9 Å². The Morgan fingerprint density at radius 2 is 1.97 bits per heavy atom. The number of fused-ring (bicyclic) bond motifs is 2. The van der Waals surface area contributed by atoms with E-state index in [9.17, 15) is 0 Å². The molecule has 0 saturated carbocycles. The van der Waals surface area contributed by atoms with Gasteiger partial charge in [-0.05, 0) is 51.4 Å². The van der Waals surface area contributed by atoms with Crippen molar-refractivity contribution in [2.24, 2.45) is 0 Å². The largest absolute Gasteiger partial charge is 0.462 e. The number of ether oxygens (including phenoxy) is 1. The summed E-state index contributed by atoms with van der Waals surface area (Å²) in [5.41, 5.74) is 7.64. The van der Waals surface area contributed by atoms with E-state index in [1.807, 2.05) is 18.2 Å². The number of nitrogens with zero attached hydrogens (tertiary/aromatic N) is 5. The standard InChI is InChI=1S/C25H26ClFN6OS/c1-32-9-5-6-14(32)13-34-25-30-22-16(23(31-25)33-10-2-3-11-33)12-17(26)19(20(22)27)15-7-4-8-18-21(15)29-24(28)35-18/h4,7-8,12,14H,2-3,5-6,9-11,13H2,1H3,(H2,28,29)/t14-/m0/s1. The fourth-order valence-electron chi connectivity index (χ4n) is 5.17. The highest BCUT2D eigenvalue weighted by Gasteiger charge is 2.26. The maximum absolute atomic E-state index is 16.3. The molecule has 35 heavy (non-hydrogen) atoms. The summed E-state index contributed by atoms with van der Waals surface area (Å²) >= 11 is 8.09. The number of thiazole rings is 1. The number of benzene rings is 2. The molecule has 4 heterocycles. The van der Waals surface area contributed by atoms with Crippen LogP contribution in [0, 0.1) is 5.82 Å². The normalized spacial score (nSPS) is 18.8. The lowest BCUT2D eigenvalue weighted by Crippen LogP contribution is -2.31. The molecule has 10 heteroatoms. The molecular weight excluding hydrogens is 487 g/mol. The van der Waals surface area contributed by atoms with Gasteiger partial charge in [0, 0.05) is 35.6 Å². The first kappa shape index (κ1) is 22.7. The van der Waals surface area contributed by atoms with Crippen molar-refractivity contribution >= 4 is 55.0 Å². The average molecular weight is 513 g/mol. The Hall–Kier alpha value is -2.75. The zero-order valence-corrected chi connectivity index (χ0v) is 21.0. The van der Waals surface area contributed by atoms with Crippen LogP contribution in [-0.2, 0) is 0 Å². The second kappa shape index (κ2) is 9.04. The molecule has 0 aliphatic carbocycles. The van der Waals surface area contributed by atoms with E-state index >= 15 is 4.39 Å². The number of anilines is 2. The number of nitrogens with two attached hydrogens (primary N) is 1. The fraction of sp³-hybridized carbons (Fsp3) is 0.400. The second-order valence-corrected chi connectivity index (χ2v) is 10.7. The molecule has 0 unspecified atom stereocenters. The van der Waals surface area contributed by atoms with Crippen molar-refractivity contribution in [2.75, 3.05) is 43.9 Å². The number of para-hydroxylation sites is 1. The molecule has 182 valence electrons. The van der Waals surface area contributed by atoms with Gasteiger partial charge in [-0.15, -0.1) is 0 Å². The third-order valence-corrected chi connectivity index (χ3v) is 8.18. The zero-order chi connectivity index (χ0) is 24.1. The Morgan fingerprint density at radius 1 is 1.14 bits per heavy atom. The molecule has 2 aromatic heterocycles. The number of halogens is 2. The van der Waals surface area contributed by atoms with E-state index in [0.29, 0.717) is 45.1 Å². The monoisotopic (exact) mass is 512 g/mol. The van der Waals surface area contributed by atoms with Crippen LogP contribution < -0.4 is 15.4 Å². The Morgan fingerprint density at radius 3 is 2.74 bits per heavy atom. The molecule has 2 aliphatic heterocycles. The molecule has 2 aromatic carbocycles. The molecule has 2 saturated heterocycles. The van der Waals surface area contributed by atoms with Crippen molar-refractivity contribution in [1.29, 1.82) is 0 Å². The molecule has 2 fully saturated rings. The number of hydrogen-bond donors (Lipinski definition) is 1. The highest BCUT2D eigenvalue weighted by atomic mass is 35.5. The van der Waals surface area contributed by atoms with Gasteiger partial charge in [0.2, 0.25) is 0 Å². The third-order valence-electron chi connectivity index (χ3n) is 7.03. The van der Waals surface area contributed by atoms with E-state index in [2.05, 4.69) is 26.8 Å². The SMILES string of the molecule is CN1CCC[C@H]1COc1nc(N2CCCC2)c2cc(Cl)c(-c3cccc4sc(N)nc34)c(F)c2n1. The van der Waals surface area contributed by atoms with Crippen molar-refractivity contribution in [2.45, 2.75) is 31.7 Å². The maximum Gasteiger partial charge on any atom is 0.319 e. The van der Waals surface area contributed by atoms with E-state index in [0.717, 1.165) is 50.0 Å². The summed E-state index contributed by atoms with van der Waals surface area (Å²) in [5.74, 6) is 0.169. The van der Waals surface area contributed by atoms with Gasteiger partial charge in [-0.2, -0.15) is 9.97 Å². The molecule has 2 aliphatic rings. The number of rotatable bonds is 5. The number of nitrogen functional groups attached to an aromatic ring is 1. The van der Waals surface area contributed by atoms with Crippen LogP contribution in [0.15, 0.2) is 24.3 Å². The van der Waals surface area contributed by atoms with Gasteiger partial charge < -0.3 is 20.3 Å². The molecule has 0 bridgehead atoms. The van der Waals surface area contributed by atoms with Crippen LogP contribution in [0.25, 0.3) is 32.2 Å². The zero-order valence-electron chi connectivity index (χ0n) is 19.4. The van der Waals surface area contributed by atoms with E-state index in [1.54, 1.807) is 6.07 Å². The highest BCUT2D eigenvalue weighted by Crippen LogP contribution is 2.42. The van der Waals surface area contributed by atoms with Crippen molar-refractivity contribution in [3.8, 4) is 17.1 Å². The Labute approximate surface area is 211 Å².